The van der Waals surface area contributed by atoms with Gasteiger partial charge >= 0.3 is 0 Å². The van der Waals surface area contributed by atoms with E-state index in [1.807, 2.05) is 60.7 Å². The molecule has 0 bridgehead atoms. The first kappa shape index (κ1) is 33.6. The average Bonchev–Trinajstić information content (AvgIpc) is 3.37. The third kappa shape index (κ3) is 6.43. The Morgan fingerprint density at radius 2 is 1.37 bits per heavy atom. The van der Waals surface area contributed by atoms with E-state index in [2.05, 4.69) is 56.5 Å². The maximum Gasteiger partial charge on any atom is 0.0774 e. The van der Waals surface area contributed by atoms with E-state index in [9.17, 15) is 10.2 Å². The van der Waals surface area contributed by atoms with Crippen LogP contribution in [0.15, 0.2) is 78.9 Å². The molecule has 2 saturated carbocycles. The number of hydrogen-bond acceptors (Lipinski definition) is 3. The van der Waals surface area contributed by atoms with Gasteiger partial charge in [-0.3, -0.25) is 4.98 Å². The van der Waals surface area contributed by atoms with Crippen LogP contribution in [-0.2, 0) is 20.1 Å². The number of nitrogens with zero attached hydrogens (tertiary/aromatic N) is 2. The van der Waals surface area contributed by atoms with E-state index in [1.165, 1.54) is 19.3 Å². The number of aromatic nitrogens is 2. The molecule has 5 heteroatoms. The van der Waals surface area contributed by atoms with Crippen molar-refractivity contribution in [2.24, 2.45) is 22.7 Å². The molecule has 233 valence electrons. The number of aliphatic hydroxyl groups excluding tert-OH is 2. The first-order chi connectivity index (χ1) is 20.4. The minimum Gasteiger partial charge on any atom is -0.392 e. The maximum absolute atomic E-state index is 11.2. The summed E-state index contributed by atoms with van der Waals surface area (Å²) in [5.41, 5.74) is 4.28. The number of imidazole rings is 1. The first-order valence-corrected chi connectivity index (χ1v) is 16.3. The zero-order valence-electron chi connectivity index (χ0n) is 26.3. The Bertz CT molecular complexity index is 1410. The van der Waals surface area contributed by atoms with E-state index in [4.69, 9.17) is 4.98 Å². The van der Waals surface area contributed by atoms with Crippen molar-refractivity contribution in [3.63, 3.8) is 0 Å². The quantitative estimate of drug-likeness (QED) is 0.193. The Morgan fingerprint density at radius 1 is 0.767 bits per heavy atom. The summed E-state index contributed by atoms with van der Waals surface area (Å²) in [5.74, 6) is 1.55. The average molecular weight is 758 g/mol. The molecule has 4 atom stereocenters. The van der Waals surface area contributed by atoms with Crippen LogP contribution in [0.2, 0.25) is 0 Å². The second kappa shape index (κ2) is 14.7. The summed E-state index contributed by atoms with van der Waals surface area (Å²) in [6, 6.07) is 29.7. The van der Waals surface area contributed by atoms with Gasteiger partial charge in [0.2, 0.25) is 0 Å². The van der Waals surface area contributed by atoms with Crippen LogP contribution in [0, 0.1) is 28.7 Å². The van der Waals surface area contributed by atoms with Crippen molar-refractivity contribution in [1.29, 1.82) is 0 Å². The fraction of sp³-hybridized carbons (Fsp3) is 0.500. The molecule has 0 saturated heterocycles. The van der Waals surface area contributed by atoms with E-state index in [0.29, 0.717) is 5.92 Å². The standard InChI is InChI=1S/C19H13N2.C19H36O2.Ir/c1-3-9-15(10-4-1)19-20-17-13-7-8-14-18(17)21(19)16-11-5-2-6-12-16;1-5-18(6-2)12-9-10-14-11-13-19(7-3,8-4)17(21)15(14)16(18)20;/h1-9,11-14H;14-17,20-21H,5-13H2,1-4H3;/q-1;;. The van der Waals surface area contributed by atoms with Gasteiger partial charge in [0.15, 0.2) is 0 Å². The van der Waals surface area contributed by atoms with Gasteiger partial charge in [-0.25, -0.2) is 0 Å². The number of benzene rings is 3. The number of aliphatic hydroxyl groups is 2. The van der Waals surface area contributed by atoms with Crippen molar-refractivity contribution < 1.29 is 30.3 Å². The zero-order valence-corrected chi connectivity index (χ0v) is 28.7. The number of hydrogen-bond donors (Lipinski definition) is 2. The topological polar surface area (TPSA) is 58.3 Å². The number of para-hydroxylation sites is 3. The minimum atomic E-state index is -0.326. The van der Waals surface area contributed by atoms with Crippen molar-refractivity contribution in [2.45, 2.75) is 97.7 Å². The van der Waals surface area contributed by atoms with Crippen LogP contribution >= 0.6 is 0 Å². The summed E-state index contributed by atoms with van der Waals surface area (Å²) in [7, 11) is 0. The van der Waals surface area contributed by atoms with Crippen LogP contribution in [-0.4, -0.2) is 32.0 Å². The molecular formula is C38H49IrN2O2-. The summed E-state index contributed by atoms with van der Waals surface area (Å²) in [6.45, 7) is 8.86. The Kier molecular flexibility index (Phi) is 11.4. The Morgan fingerprint density at radius 3 is 2.00 bits per heavy atom. The van der Waals surface area contributed by atoms with Crippen molar-refractivity contribution in [2.75, 3.05) is 0 Å². The molecule has 1 heterocycles. The van der Waals surface area contributed by atoms with Gasteiger partial charge in [-0.05, 0) is 92.4 Å². The van der Waals surface area contributed by atoms with Crippen LogP contribution < -0.4 is 0 Å². The third-order valence-corrected chi connectivity index (χ3v) is 11.1. The molecule has 4 nitrogen and oxygen atoms in total. The second-order valence-electron chi connectivity index (χ2n) is 12.7. The summed E-state index contributed by atoms with van der Waals surface area (Å²) in [5, 5.41) is 22.4. The maximum atomic E-state index is 11.2. The van der Waals surface area contributed by atoms with Gasteiger partial charge in [-0.2, -0.15) is 0 Å². The molecule has 0 spiro atoms. The fourth-order valence-electron chi connectivity index (χ4n) is 8.14. The largest absolute Gasteiger partial charge is 0.392 e. The molecular weight excluding hydrogens is 709 g/mol. The SMILES string of the molecule is CCC1(CC)CCCC2CCC(CC)(CC)C(O)C2C1O.[Ir].[c-]1ccccc1-c1nc2ccccc2n1-c1ccccc1. The van der Waals surface area contributed by atoms with Gasteiger partial charge in [-0.1, -0.05) is 64.4 Å². The monoisotopic (exact) mass is 758 g/mol. The molecule has 0 aliphatic heterocycles. The van der Waals surface area contributed by atoms with Crippen LogP contribution in [0.1, 0.15) is 85.5 Å². The number of rotatable bonds is 6. The van der Waals surface area contributed by atoms with Gasteiger partial charge in [0.1, 0.15) is 0 Å². The summed E-state index contributed by atoms with van der Waals surface area (Å²) in [4.78, 5) is 4.79. The van der Waals surface area contributed by atoms with Gasteiger partial charge in [0.05, 0.1) is 29.1 Å². The Balaban J connectivity index is 0.000000192. The molecule has 6 rings (SSSR count). The molecule has 1 radical (unpaired) electrons. The molecule has 1 aromatic heterocycles. The van der Waals surface area contributed by atoms with Gasteiger partial charge in [0, 0.05) is 31.7 Å². The van der Waals surface area contributed by atoms with E-state index < -0.39 is 0 Å². The molecule has 4 aromatic rings. The van der Waals surface area contributed by atoms with Crippen molar-refractivity contribution in [3.8, 4) is 17.1 Å². The van der Waals surface area contributed by atoms with Crippen molar-refractivity contribution in [3.05, 3.63) is 84.9 Å². The zero-order chi connectivity index (χ0) is 29.7. The predicted octanol–water partition coefficient (Wildman–Crippen LogP) is 9.02. The summed E-state index contributed by atoms with van der Waals surface area (Å²) < 4.78 is 2.18. The van der Waals surface area contributed by atoms with Gasteiger partial charge in [0.25, 0.3) is 0 Å². The molecule has 2 fully saturated rings. The Labute approximate surface area is 272 Å². The Hall–Kier alpha value is -2.30. The molecule has 2 N–H and O–H groups in total. The normalized spacial score (nSPS) is 24.1. The van der Waals surface area contributed by atoms with Crippen molar-refractivity contribution in [1.82, 2.24) is 9.55 Å². The van der Waals surface area contributed by atoms with E-state index in [-0.39, 0.29) is 49.1 Å². The second-order valence-corrected chi connectivity index (χ2v) is 12.7. The smallest absolute Gasteiger partial charge is 0.0774 e. The summed E-state index contributed by atoms with van der Waals surface area (Å²) in [6.07, 6.45) is 9.37. The molecule has 2 aliphatic carbocycles. The van der Waals surface area contributed by atoms with Gasteiger partial charge in [-0.15, -0.1) is 35.9 Å². The van der Waals surface area contributed by atoms with Crippen LogP contribution in [0.25, 0.3) is 28.1 Å². The number of fused-ring (bicyclic) bond motifs is 2. The predicted molar refractivity (Wildman–Crippen MR) is 173 cm³/mol. The van der Waals surface area contributed by atoms with Gasteiger partial charge < -0.3 is 14.8 Å². The molecule has 3 aromatic carbocycles. The van der Waals surface area contributed by atoms with E-state index in [0.717, 1.165) is 66.6 Å². The molecule has 4 unspecified atom stereocenters. The third-order valence-electron chi connectivity index (χ3n) is 11.1. The molecule has 2 aliphatic rings. The van der Waals surface area contributed by atoms with E-state index in [1.54, 1.807) is 0 Å². The fourth-order valence-corrected chi connectivity index (χ4v) is 8.14. The van der Waals surface area contributed by atoms with Crippen LogP contribution in [0.3, 0.4) is 0 Å². The molecule has 43 heavy (non-hydrogen) atoms. The molecule has 0 amide bonds. The first-order valence-electron chi connectivity index (χ1n) is 16.3. The van der Waals surface area contributed by atoms with Crippen LogP contribution in [0.5, 0.6) is 0 Å². The van der Waals surface area contributed by atoms with Crippen molar-refractivity contribution >= 4 is 11.0 Å². The van der Waals surface area contributed by atoms with Crippen LogP contribution in [0.4, 0.5) is 0 Å². The summed E-state index contributed by atoms with van der Waals surface area (Å²) >= 11 is 0. The minimum absolute atomic E-state index is 0. The van der Waals surface area contributed by atoms with E-state index >= 15 is 0 Å².